The van der Waals surface area contributed by atoms with Crippen LogP contribution in [0.3, 0.4) is 0 Å². The van der Waals surface area contributed by atoms with E-state index in [4.69, 9.17) is 0 Å². The Hall–Kier alpha value is -0.720. The Morgan fingerprint density at radius 1 is 1.50 bits per heavy atom. The summed E-state index contributed by atoms with van der Waals surface area (Å²) in [6.07, 6.45) is 1.53. The van der Waals surface area contributed by atoms with Gasteiger partial charge in [0.1, 0.15) is 6.33 Å². The molecule has 1 heterocycles. The van der Waals surface area contributed by atoms with Crippen LogP contribution in [-0.2, 0) is 0 Å². The third-order valence-electron chi connectivity index (χ3n) is 1.88. The molecular weight excluding hydrogens is 308 g/mol. The number of nitrogens with zero attached hydrogens (tertiary/aromatic N) is 2. The number of hydrogen-bond donors (Lipinski definition) is 0. The number of ketones is 1. The van der Waals surface area contributed by atoms with Gasteiger partial charge in [-0.05, 0) is 46.5 Å². The van der Waals surface area contributed by atoms with Crippen LogP contribution in [0.5, 0.6) is 0 Å². The molecule has 0 spiro atoms. The Balaban J connectivity index is 2.26. The first-order valence-corrected chi connectivity index (χ1v) is 6.80. The average Bonchev–Trinajstić information content (AvgIpc) is 2.73. The van der Waals surface area contributed by atoms with Crippen molar-refractivity contribution in [1.29, 1.82) is 0 Å². The fraction of sp³-hybridized carbons (Fsp3) is 0.100. The van der Waals surface area contributed by atoms with Crippen molar-refractivity contribution in [2.45, 2.75) is 16.2 Å². The van der Waals surface area contributed by atoms with E-state index >= 15 is 0 Å². The minimum absolute atomic E-state index is 0.0631. The zero-order valence-electron chi connectivity index (χ0n) is 8.31. The smallest absolute Gasteiger partial charge is 0.174 e. The van der Waals surface area contributed by atoms with E-state index in [-0.39, 0.29) is 5.78 Å². The molecule has 0 N–H and O–H groups in total. The first-order valence-electron chi connectivity index (χ1n) is 4.42. The summed E-state index contributed by atoms with van der Waals surface area (Å²) in [7, 11) is 0. The molecule has 82 valence electrons. The van der Waals surface area contributed by atoms with Crippen LogP contribution in [0.4, 0.5) is 0 Å². The van der Waals surface area contributed by atoms with Gasteiger partial charge in [-0.15, -0.1) is 0 Å². The molecule has 2 aromatic rings. The van der Waals surface area contributed by atoms with Crippen LogP contribution >= 0.6 is 39.2 Å². The zero-order chi connectivity index (χ0) is 11.5. The summed E-state index contributed by atoms with van der Waals surface area (Å²) in [6, 6.07) is 5.55. The maximum Gasteiger partial charge on any atom is 0.174 e. The lowest BCUT2D eigenvalue weighted by molar-refractivity contribution is 0.101. The van der Waals surface area contributed by atoms with Crippen LogP contribution in [0.25, 0.3) is 0 Å². The fourth-order valence-electron chi connectivity index (χ4n) is 1.10. The second-order valence-electron chi connectivity index (χ2n) is 3.01. The van der Waals surface area contributed by atoms with Gasteiger partial charge in [0.2, 0.25) is 0 Å². The average molecular weight is 315 g/mol. The van der Waals surface area contributed by atoms with Crippen molar-refractivity contribution >= 4 is 45.0 Å². The van der Waals surface area contributed by atoms with E-state index in [1.165, 1.54) is 29.6 Å². The Labute approximate surface area is 110 Å². The van der Waals surface area contributed by atoms with Gasteiger partial charge in [0.05, 0.1) is 0 Å². The second-order valence-corrected chi connectivity index (χ2v) is 5.93. The second kappa shape index (κ2) is 5.07. The number of benzene rings is 1. The Bertz CT molecular complexity index is 514. The lowest BCUT2D eigenvalue weighted by atomic mass is 10.2. The van der Waals surface area contributed by atoms with Gasteiger partial charge in [0.15, 0.2) is 10.1 Å². The summed E-state index contributed by atoms with van der Waals surface area (Å²) >= 11 is 6.32. The molecule has 0 radical (unpaired) electrons. The van der Waals surface area contributed by atoms with Gasteiger partial charge in [-0.3, -0.25) is 4.79 Å². The normalized spacial score (nSPS) is 10.4. The largest absolute Gasteiger partial charge is 0.295 e. The highest BCUT2D eigenvalue weighted by atomic mass is 79.9. The molecular formula is C10H7BrN2OS2. The van der Waals surface area contributed by atoms with Crippen LogP contribution in [-0.4, -0.2) is 15.1 Å². The predicted octanol–water partition coefficient (Wildman–Crippen LogP) is 3.65. The van der Waals surface area contributed by atoms with Gasteiger partial charge in [0.25, 0.3) is 0 Å². The number of halogens is 1. The molecule has 0 amide bonds. The third kappa shape index (κ3) is 2.69. The lowest BCUT2D eigenvalue weighted by Crippen LogP contribution is -1.91. The van der Waals surface area contributed by atoms with Gasteiger partial charge < -0.3 is 0 Å². The molecule has 2 rings (SSSR count). The molecule has 6 heteroatoms. The van der Waals surface area contributed by atoms with Crippen molar-refractivity contribution in [3.8, 4) is 0 Å². The molecule has 0 aliphatic rings. The van der Waals surface area contributed by atoms with Crippen molar-refractivity contribution in [1.82, 2.24) is 9.36 Å². The van der Waals surface area contributed by atoms with Crippen molar-refractivity contribution in [2.24, 2.45) is 0 Å². The molecule has 1 aromatic heterocycles. The summed E-state index contributed by atoms with van der Waals surface area (Å²) in [5.74, 6) is 0.0631. The number of Topliss-reactive ketones (excluding diaryl/α,β-unsaturated/α-hetero) is 1. The van der Waals surface area contributed by atoms with Gasteiger partial charge in [-0.1, -0.05) is 17.8 Å². The monoisotopic (exact) mass is 314 g/mol. The van der Waals surface area contributed by atoms with Crippen molar-refractivity contribution in [2.75, 3.05) is 0 Å². The molecule has 0 saturated carbocycles. The van der Waals surface area contributed by atoms with Crippen molar-refractivity contribution in [3.63, 3.8) is 0 Å². The van der Waals surface area contributed by atoms with Gasteiger partial charge in [-0.25, -0.2) is 4.98 Å². The zero-order valence-corrected chi connectivity index (χ0v) is 11.5. The highest BCUT2D eigenvalue weighted by Crippen LogP contribution is 2.34. The minimum Gasteiger partial charge on any atom is -0.295 e. The maximum atomic E-state index is 11.2. The topological polar surface area (TPSA) is 42.9 Å². The van der Waals surface area contributed by atoms with Gasteiger partial charge in [-0.2, -0.15) is 4.37 Å². The van der Waals surface area contributed by atoms with E-state index < -0.39 is 0 Å². The molecule has 0 fully saturated rings. The molecule has 16 heavy (non-hydrogen) atoms. The highest BCUT2D eigenvalue weighted by molar-refractivity contribution is 9.10. The van der Waals surface area contributed by atoms with Crippen LogP contribution in [0.15, 0.2) is 38.2 Å². The van der Waals surface area contributed by atoms with E-state index in [1.54, 1.807) is 6.92 Å². The number of hydrogen-bond acceptors (Lipinski definition) is 5. The minimum atomic E-state index is 0.0631. The standard InChI is InChI=1S/C10H7BrN2OS2/c1-6(14)7-2-3-9(8(11)4-7)15-10-12-5-13-16-10/h2-5H,1H3. The molecule has 3 nitrogen and oxygen atoms in total. The van der Waals surface area contributed by atoms with Crippen molar-refractivity contribution in [3.05, 3.63) is 34.6 Å². The molecule has 0 saturated heterocycles. The quantitative estimate of drug-likeness (QED) is 0.811. The van der Waals surface area contributed by atoms with Crippen molar-refractivity contribution < 1.29 is 4.79 Å². The number of carbonyl (C=O) groups is 1. The maximum absolute atomic E-state index is 11.2. The third-order valence-corrected chi connectivity index (χ3v) is 4.59. The van der Waals surface area contributed by atoms with Crippen LogP contribution < -0.4 is 0 Å². The Morgan fingerprint density at radius 3 is 2.88 bits per heavy atom. The van der Waals surface area contributed by atoms with Gasteiger partial charge >= 0.3 is 0 Å². The molecule has 0 aliphatic carbocycles. The van der Waals surface area contributed by atoms with Crippen LogP contribution in [0.2, 0.25) is 0 Å². The van der Waals surface area contributed by atoms with E-state index in [2.05, 4.69) is 25.3 Å². The SMILES string of the molecule is CC(=O)c1ccc(Sc2ncns2)c(Br)c1. The molecule has 1 aromatic carbocycles. The van der Waals surface area contributed by atoms with E-state index in [1.807, 2.05) is 18.2 Å². The molecule has 0 unspecified atom stereocenters. The number of rotatable bonds is 3. The molecule has 0 atom stereocenters. The molecule has 0 bridgehead atoms. The molecule has 0 aliphatic heterocycles. The van der Waals surface area contributed by atoms with E-state index in [0.29, 0.717) is 5.56 Å². The summed E-state index contributed by atoms with van der Waals surface area (Å²) < 4.78 is 5.72. The first kappa shape index (κ1) is 11.8. The van der Waals surface area contributed by atoms with Crippen LogP contribution in [0.1, 0.15) is 17.3 Å². The van der Waals surface area contributed by atoms with Gasteiger partial charge in [0, 0.05) is 14.9 Å². The summed E-state index contributed by atoms with van der Waals surface area (Å²) in [5.41, 5.74) is 0.702. The lowest BCUT2D eigenvalue weighted by Gasteiger charge is -2.03. The summed E-state index contributed by atoms with van der Waals surface area (Å²) in [6.45, 7) is 1.55. The highest BCUT2D eigenvalue weighted by Gasteiger charge is 2.07. The predicted molar refractivity (Wildman–Crippen MR) is 68.2 cm³/mol. The Morgan fingerprint density at radius 2 is 2.31 bits per heavy atom. The van der Waals surface area contributed by atoms with E-state index in [0.717, 1.165) is 13.7 Å². The first-order chi connectivity index (χ1) is 7.66. The summed E-state index contributed by atoms with van der Waals surface area (Å²) in [5, 5.41) is 0. The van der Waals surface area contributed by atoms with E-state index in [9.17, 15) is 4.79 Å². The Kier molecular flexibility index (Phi) is 3.73. The number of aromatic nitrogens is 2. The summed E-state index contributed by atoms with van der Waals surface area (Å²) in [4.78, 5) is 16.3. The van der Waals surface area contributed by atoms with Crippen LogP contribution in [0, 0.1) is 0 Å². The number of carbonyl (C=O) groups excluding carboxylic acids is 1. The fourth-order valence-corrected chi connectivity index (χ4v) is 3.13.